The van der Waals surface area contributed by atoms with Gasteiger partial charge in [-0.25, -0.2) is 5.14 Å². The van der Waals surface area contributed by atoms with Gasteiger partial charge in [0.05, 0.1) is 10.0 Å². The number of carbonyl (C=O) groups excluding carboxylic acids is 1. The number of benzene rings is 1. The first-order chi connectivity index (χ1) is 16.6. The van der Waals surface area contributed by atoms with Crippen molar-refractivity contribution in [2.75, 3.05) is 58.9 Å². The highest BCUT2D eigenvalue weighted by Crippen LogP contribution is 2.42. The predicted octanol–water partition coefficient (Wildman–Crippen LogP) is 2.16. The van der Waals surface area contributed by atoms with E-state index in [0.29, 0.717) is 41.5 Å². The van der Waals surface area contributed by atoms with Crippen LogP contribution in [0.25, 0.3) is 0 Å². The third kappa shape index (κ3) is 5.81. The molecule has 3 heterocycles. The molecule has 0 aromatic heterocycles. The van der Waals surface area contributed by atoms with Crippen LogP contribution in [0.2, 0.25) is 10.0 Å². The smallest absolute Gasteiger partial charge is 0.276 e. The Morgan fingerprint density at radius 1 is 1.06 bits per heavy atom. The van der Waals surface area contributed by atoms with E-state index in [1.54, 1.807) is 0 Å². The molecule has 8 nitrogen and oxygen atoms in total. The summed E-state index contributed by atoms with van der Waals surface area (Å²) < 4.78 is 24.5. The maximum atomic E-state index is 12.7. The van der Waals surface area contributed by atoms with Gasteiger partial charge in [0, 0.05) is 70.2 Å². The zero-order valence-electron chi connectivity index (χ0n) is 20.0. The second kappa shape index (κ2) is 10.1. The van der Waals surface area contributed by atoms with Crippen molar-refractivity contribution in [2.45, 2.75) is 43.6 Å². The average molecular weight is 545 g/mol. The van der Waals surface area contributed by atoms with Crippen LogP contribution in [0.3, 0.4) is 0 Å². The van der Waals surface area contributed by atoms with Crippen LogP contribution in [0.5, 0.6) is 0 Å². The number of piperazine rings is 1. The highest BCUT2D eigenvalue weighted by Gasteiger charge is 2.43. The van der Waals surface area contributed by atoms with Crippen LogP contribution in [0.15, 0.2) is 18.2 Å². The second-order valence-corrected chi connectivity index (χ2v) is 13.1. The van der Waals surface area contributed by atoms with Crippen molar-refractivity contribution in [3.05, 3.63) is 33.8 Å². The molecule has 3 saturated heterocycles. The van der Waals surface area contributed by atoms with E-state index in [0.717, 1.165) is 58.7 Å². The molecular weight excluding hydrogens is 509 g/mol. The summed E-state index contributed by atoms with van der Waals surface area (Å²) in [5.41, 5.74) is 1.06. The second-order valence-electron chi connectivity index (χ2n) is 10.8. The minimum atomic E-state index is -3.60. The van der Waals surface area contributed by atoms with Gasteiger partial charge in [-0.05, 0) is 55.8 Å². The predicted molar refractivity (Wildman–Crippen MR) is 138 cm³/mol. The third-order valence-electron chi connectivity index (χ3n) is 8.37. The van der Waals surface area contributed by atoms with Gasteiger partial charge in [0.2, 0.25) is 5.91 Å². The molecular formula is C24H35Cl2N5O3S. The van der Waals surface area contributed by atoms with Crippen molar-refractivity contribution in [3.63, 3.8) is 0 Å². The molecule has 1 atom stereocenters. The molecule has 1 aromatic rings. The Kier molecular flexibility index (Phi) is 7.40. The molecule has 1 saturated carbocycles. The Hall–Kier alpha value is -0.940. The number of hydrogen-bond acceptors (Lipinski definition) is 5. The number of piperidine rings is 1. The summed E-state index contributed by atoms with van der Waals surface area (Å²) in [6.07, 6.45) is 4.82. The third-order valence-corrected chi connectivity index (χ3v) is 10.2. The van der Waals surface area contributed by atoms with Crippen molar-refractivity contribution >= 4 is 39.3 Å². The van der Waals surface area contributed by atoms with Gasteiger partial charge in [-0.15, -0.1) is 0 Å². The lowest BCUT2D eigenvalue weighted by atomic mass is 9.71. The van der Waals surface area contributed by atoms with Gasteiger partial charge in [-0.2, -0.15) is 12.7 Å². The van der Waals surface area contributed by atoms with Gasteiger partial charge in [0.25, 0.3) is 10.2 Å². The first kappa shape index (κ1) is 25.7. The van der Waals surface area contributed by atoms with Crippen molar-refractivity contribution in [1.82, 2.24) is 19.0 Å². The fourth-order valence-corrected chi connectivity index (χ4v) is 6.85. The summed E-state index contributed by atoms with van der Waals surface area (Å²) in [4.78, 5) is 19.7. The van der Waals surface area contributed by atoms with E-state index in [9.17, 15) is 13.2 Å². The zero-order chi connectivity index (χ0) is 24.8. The van der Waals surface area contributed by atoms with Gasteiger partial charge in [-0.3, -0.25) is 9.69 Å². The molecule has 0 bridgehead atoms. The van der Waals surface area contributed by atoms with Crippen molar-refractivity contribution in [2.24, 2.45) is 11.1 Å². The number of likely N-dealkylation sites (tertiary alicyclic amines) is 2. The van der Waals surface area contributed by atoms with E-state index in [-0.39, 0.29) is 11.3 Å². The standard InChI is InChI=1S/C24H35Cl2N5O3S/c25-21-4-3-19(13-22(21)26)24(6-5-23(32)30(17-24)14-18-1-2-18)7-8-28-15-20(16-28)29-9-11-31(12-10-29)35(27,33)34/h3-4,13,18,20H,1-2,5-12,14-17H2,(H2,27,33,34)/t24-/m1/s1. The number of halogens is 2. The Morgan fingerprint density at radius 3 is 2.40 bits per heavy atom. The largest absolute Gasteiger partial charge is 0.342 e. The topological polar surface area (TPSA) is 90.2 Å². The summed E-state index contributed by atoms with van der Waals surface area (Å²) in [6.45, 7) is 6.90. The summed E-state index contributed by atoms with van der Waals surface area (Å²) in [5.74, 6) is 0.935. The number of hydrogen-bond donors (Lipinski definition) is 1. The van der Waals surface area contributed by atoms with E-state index in [1.165, 1.54) is 22.7 Å². The molecule has 11 heteroatoms. The average Bonchev–Trinajstić information content (AvgIpc) is 3.60. The molecule has 0 radical (unpaired) electrons. The zero-order valence-corrected chi connectivity index (χ0v) is 22.4. The van der Waals surface area contributed by atoms with E-state index in [4.69, 9.17) is 28.3 Å². The number of rotatable bonds is 8. The fourth-order valence-electron chi connectivity index (χ4n) is 5.88. The summed E-state index contributed by atoms with van der Waals surface area (Å²) >= 11 is 12.6. The summed E-state index contributed by atoms with van der Waals surface area (Å²) in [5, 5.41) is 6.39. The van der Waals surface area contributed by atoms with Crippen molar-refractivity contribution < 1.29 is 13.2 Å². The normalized spacial score (nSPS) is 27.9. The molecule has 5 rings (SSSR count). The fraction of sp³-hybridized carbons (Fsp3) is 0.708. The first-order valence-corrected chi connectivity index (χ1v) is 14.9. The van der Waals surface area contributed by atoms with Crippen molar-refractivity contribution in [3.8, 4) is 0 Å². The first-order valence-electron chi connectivity index (χ1n) is 12.6. The van der Waals surface area contributed by atoms with Crippen LogP contribution in [-0.4, -0.2) is 98.3 Å². The molecule has 3 aliphatic heterocycles. The molecule has 4 aliphatic rings. The lowest BCUT2D eigenvalue weighted by molar-refractivity contribution is -0.136. The highest BCUT2D eigenvalue weighted by atomic mass is 35.5. The minimum Gasteiger partial charge on any atom is -0.342 e. The molecule has 1 aromatic carbocycles. The number of nitrogens with zero attached hydrogens (tertiary/aromatic N) is 4. The van der Waals surface area contributed by atoms with E-state index < -0.39 is 10.2 Å². The van der Waals surface area contributed by atoms with E-state index in [2.05, 4.69) is 20.8 Å². The Balaban J connectivity index is 1.21. The maximum Gasteiger partial charge on any atom is 0.276 e. The monoisotopic (exact) mass is 543 g/mol. The Bertz CT molecular complexity index is 1060. The minimum absolute atomic E-state index is 0.122. The maximum absolute atomic E-state index is 12.7. The number of nitrogens with two attached hydrogens (primary N) is 1. The van der Waals surface area contributed by atoms with Crippen LogP contribution >= 0.6 is 23.2 Å². The number of amides is 1. The van der Waals surface area contributed by atoms with Crippen LogP contribution in [0.1, 0.15) is 37.7 Å². The van der Waals surface area contributed by atoms with Gasteiger partial charge < -0.3 is 9.80 Å². The van der Waals surface area contributed by atoms with E-state index >= 15 is 0 Å². The van der Waals surface area contributed by atoms with Gasteiger partial charge in [0.15, 0.2) is 0 Å². The lowest BCUT2D eigenvalue weighted by Gasteiger charge is -2.49. The quantitative estimate of drug-likeness (QED) is 0.542. The molecule has 0 spiro atoms. The molecule has 1 amide bonds. The highest BCUT2D eigenvalue weighted by molar-refractivity contribution is 7.86. The van der Waals surface area contributed by atoms with Crippen LogP contribution in [-0.2, 0) is 20.4 Å². The van der Waals surface area contributed by atoms with Gasteiger partial charge in [0.1, 0.15) is 0 Å². The number of carbonyl (C=O) groups is 1. The molecule has 2 N–H and O–H groups in total. The van der Waals surface area contributed by atoms with E-state index in [1.807, 2.05) is 12.1 Å². The Morgan fingerprint density at radius 2 is 1.77 bits per heavy atom. The van der Waals surface area contributed by atoms with Crippen LogP contribution in [0, 0.1) is 5.92 Å². The molecule has 194 valence electrons. The van der Waals surface area contributed by atoms with Crippen molar-refractivity contribution in [1.29, 1.82) is 0 Å². The Labute approximate surface area is 218 Å². The molecule has 35 heavy (non-hydrogen) atoms. The van der Waals surface area contributed by atoms with Crippen LogP contribution < -0.4 is 5.14 Å². The lowest BCUT2D eigenvalue weighted by Crippen LogP contribution is -2.64. The molecule has 1 aliphatic carbocycles. The summed E-state index contributed by atoms with van der Waals surface area (Å²) in [6, 6.07) is 6.42. The van der Waals surface area contributed by atoms with Gasteiger partial charge >= 0.3 is 0 Å². The van der Waals surface area contributed by atoms with Crippen LogP contribution in [0.4, 0.5) is 0 Å². The SMILES string of the molecule is NS(=O)(=O)N1CCN(C2CN(CC[C@]3(c4ccc(Cl)c(Cl)c4)CCC(=O)N(CC4CC4)C3)C2)CC1. The molecule has 4 fully saturated rings. The van der Waals surface area contributed by atoms with Gasteiger partial charge in [-0.1, -0.05) is 29.3 Å². The summed E-state index contributed by atoms with van der Waals surface area (Å²) in [7, 11) is -3.60. The molecule has 0 unspecified atom stereocenters.